The highest BCUT2D eigenvalue weighted by atomic mass is 35.5. The first-order chi connectivity index (χ1) is 11.0. The van der Waals surface area contributed by atoms with Gasteiger partial charge < -0.3 is 14.8 Å². The molecule has 0 spiro atoms. The number of carbonyl (C=O) groups is 1. The van der Waals surface area contributed by atoms with Crippen molar-refractivity contribution in [2.45, 2.75) is 20.4 Å². The molecule has 0 fully saturated rings. The average Bonchev–Trinajstić information content (AvgIpc) is 2.56. The number of aryl methyl sites for hydroxylation is 2. The quantitative estimate of drug-likeness (QED) is 0.877. The molecule has 0 radical (unpaired) electrons. The van der Waals surface area contributed by atoms with E-state index in [1.54, 1.807) is 7.11 Å². The molecule has 0 aliphatic heterocycles. The molecule has 0 aliphatic rings. The van der Waals surface area contributed by atoms with Crippen LogP contribution in [0.4, 0.5) is 0 Å². The number of amides is 1. The number of nitrogens with one attached hydrogen (secondary N) is 1. The fourth-order valence-corrected chi connectivity index (χ4v) is 2.34. The van der Waals surface area contributed by atoms with Crippen molar-refractivity contribution >= 4 is 17.5 Å². The highest BCUT2D eigenvalue weighted by Crippen LogP contribution is 2.25. The van der Waals surface area contributed by atoms with Crippen molar-refractivity contribution in [2.75, 3.05) is 13.7 Å². The van der Waals surface area contributed by atoms with Crippen LogP contribution in [0.3, 0.4) is 0 Å². The molecule has 0 bridgehead atoms. The van der Waals surface area contributed by atoms with E-state index in [1.165, 1.54) is 0 Å². The molecule has 0 saturated heterocycles. The first-order valence-electron chi connectivity index (χ1n) is 7.29. The minimum Gasteiger partial charge on any atom is -0.496 e. The van der Waals surface area contributed by atoms with Crippen LogP contribution in [0.15, 0.2) is 36.4 Å². The Hall–Kier alpha value is -2.20. The maximum absolute atomic E-state index is 11.9. The van der Waals surface area contributed by atoms with Crippen LogP contribution in [0.2, 0.25) is 5.02 Å². The van der Waals surface area contributed by atoms with Gasteiger partial charge >= 0.3 is 0 Å². The van der Waals surface area contributed by atoms with Gasteiger partial charge in [-0.15, -0.1) is 0 Å². The van der Waals surface area contributed by atoms with Gasteiger partial charge in [0.1, 0.15) is 11.5 Å². The Morgan fingerprint density at radius 3 is 2.48 bits per heavy atom. The first-order valence-corrected chi connectivity index (χ1v) is 7.67. The van der Waals surface area contributed by atoms with E-state index >= 15 is 0 Å². The molecule has 5 heteroatoms. The Morgan fingerprint density at radius 2 is 1.83 bits per heavy atom. The van der Waals surface area contributed by atoms with Gasteiger partial charge in [0.15, 0.2) is 6.61 Å². The Balaban J connectivity index is 1.88. The molecule has 2 rings (SSSR count). The Kier molecular flexibility index (Phi) is 5.88. The minimum absolute atomic E-state index is 0.0460. The third-order valence-corrected chi connectivity index (χ3v) is 4.04. The predicted octanol–water partition coefficient (Wildman–Crippen LogP) is 3.66. The van der Waals surface area contributed by atoms with Crippen LogP contribution in [0, 0.1) is 13.8 Å². The van der Waals surface area contributed by atoms with Crippen molar-refractivity contribution in [3.05, 3.63) is 58.1 Å². The van der Waals surface area contributed by atoms with E-state index in [0.717, 1.165) is 27.5 Å². The Bertz CT molecular complexity index is 677. The minimum atomic E-state index is -0.193. The molecule has 0 heterocycles. The molecule has 0 unspecified atom stereocenters. The second-order valence-electron chi connectivity index (χ2n) is 5.25. The van der Waals surface area contributed by atoms with Crippen molar-refractivity contribution in [1.82, 2.24) is 5.32 Å². The highest BCUT2D eigenvalue weighted by molar-refractivity contribution is 6.32. The van der Waals surface area contributed by atoms with E-state index in [9.17, 15) is 4.79 Å². The molecule has 0 atom stereocenters. The maximum atomic E-state index is 11.9. The maximum Gasteiger partial charge on any atom is 0.258 e. The summed E-state index contributed by atoms with van der Waals surface area (Å²) < 4.78 is 10.8. The van der Waals surface area contributed by atoms with Gasteiger partial charge in [-0.25, -0.2) is 0 Å². The summed E-state index contributed by atoms with van der Waals surface area (Å²) in [6, 6.07) is 11.2. The Morgan fingerprint density at radius 1 is 1.17 bits per heavy atom. The van der Waals surface area contributed by atoms with Crippen LogP contribution in [-0.2, 0) is 11.3 Å². The second-order valence-corrected chi connectivity index (χ2v) is 5.63. The van der Waals surface area contributed by atoms with Crippen LogP contribution >= 0.6 is 11.6 Å². The van der Waals surface area contributed by atoms with Crippen molar-refractivity contribution in [1.29, 1.82) is 0 Å². The zero-order valence-electron chi connectivity index (χ0n) is 13.5. The lowest BCUT2D eigenvalue weighted by atomic mass is 10.1. The van der Waals surface area contributed by atoms with E-state index in [4.69, 9.17) is 21.1 Å². The molecule has 0 saturated carbocycles. The molecule has 0 aromatic heterocycles. The number of hydrogen-bond donors (Lipinski definition) is 1. The summed E-state index contributed by atoms with van der Waals surface area (Å²) in [5.74, 6) is 1.19. The number of hydrogen-bond acceptors (Lipinski definition) is 3. The van der Waals surface area contributed by atoms with Gasteiger partial charge in [0.05, 0.1) is 7.11 Å². The summed E-state index contributed by atoms with van der Waals surface area (Å²) in [6.07, 6.45) is 0. The molecule has 2 aromatic rings. The summed E-state index contributed by atoms with van der Waals surface area (Å²) >= 11 is 6.11. The van der Waals surface area contributed by atoms with Crippen LogP contribution in [0.25, 0.3) is 0 Å². The standard InChI is InChI=1S/C18H20ClNO3/c1-12-8-15(9-13(2)18(12)19)23-11-17(21)20-10-14-6-4-5-7-16(14)22-3/h4-9H,10-11H2,1-3H3,(H,20,21). The molecule has 23 heavy (non-hydrogen) atoms. The second kappa shape index (κ2) is 7.88. The molecule has 122 valence electrons. The first kappa shape index (κ1) is 17.2. The lowest BCUT2D eigenvalue weighted by Gasteiger charge is -2.11. The third-order valence-electron chi connectivity index (χ3n) is 3.45. The van der Waals surface area contributed by atoms with E-state index in [2.05, 4.69) is 5.32 Å². The lowest BCUT2D eigenvalue weighted by Crippen LogP contribution is -2.28. The lowest BCUT2D eigenvalue weighted by molar-refractivity contribution is -0.123. The van der Waals surface area contributed by atoms with Gasteiger partial charge in [0.2, 0.25) is 0 Å². The Labute approximate surface area is 141 Å². The summed E-state index contributed by atoms with van der Waals surface area (Å²) in [5, 5.41) is 3.53. The van der Waals surface area contributed by atoms with Crippen LogP contribution in [0.1, 0.15) is 16.7 Å². The monoisotopic (exact) mass is 333 g/mol. The molecular weight excluding hydrogens is 314 g/mol. The summed E-state index contributed by atoms with van der Waals surface area (Å²) in [6.45, 7) is 4.16. The zero-order valence-corrected chi connectivity index (χ0v) is 14.2. The molecular formula is C18H20ClNO3. The highest BCUT2D eigenvalue weighted by Gasteiger charge is 2.08. The smallest absolute Gasteiger partial charge is 0.258 e. The number of para-hydroxylation sites is 1. The molecule has 0 aliphatic carbocycles. The van der Waals surface area contributed by atoms with Crippen LogP contribution in [0.5, 0.6) is 11.5 Å². The molecule has 1 N–H and O–H groups in total. The molecule has 2 aromatic carbocycles. The van der Waals surface area contributed by atoms with E-state index < -0.39 is 0 Å². The normalized spacial score (nSPS) is 10.3. The molecule has 1 amide bonds. The summed E-state index contributed by atoms with van der Waals surface area (Å²) in [7, 11) is 1.61. The van der Waals surface area contributed by atoms with E-state index in [0.29, 0.717) is 12.3 Å². The van der Waals surface area contributed by atoms with Crippen LogP contribution in [-0.4, -0.2) is 19.6 Å². The number of halogens is 1. The largest absolute Gasteiger partial charge is 0.496 e. The van der Waals surface area contributed by atoms with Gasteiger partial charge in [-0.2, -0.15) is 0 Å². The van der Waals surface area contributed by atoms with Crippen molar-refractivity contribution in [3.8, 4) is 11.5 Å². The number of ether oxygens (including phenoxy) is 2. The van der Waals surface area contributed by atoms with Crippen molar-refractivity contribution < 1.29 is 14.3 Å². The van der Waals surface area contributed by atoms with Gasteiger partial charge in [0.25, 0.3) is 5.91 Å². The van der Waals surface area contributed by atoms with E-state index in [1.807, 2.05) is 50.2 Å². The third kappa shape index (κ3) is 4.63. The topological polar surface area (TPSA) is 47.6 Å². The van der Waals surface area contributed by atoms with Gasteiger partial charge in [-0.1, -0.05) is 29.8 Å². The van der Waals surface area contributed by atoms with Crippen molar-refractivity contribution in [3.63, 3.8) is 0 Å². The SMILES string of the molecule is COc1ccccc1CNC(=O)COc1cc(C)c(Cl)c(C)c1. The average molecular weight is 334 g/mol. The van der Waals surface area contributed by atoms with Gasteiger partial charge in [-0.3, -0.25) is 4.79 Å². The van der Waals surface area contributed by atoms with Gasteiger partial charge in [0, 0.05) is 17.1 Å². The number of benzene rings is 2. The number of methoxy groups -OCH3 is 1. The zero-order chi connectivity index (χ0) is 16.8. The number of carbonyl (C=O) groups excluding carboxylic acids is 1. The fraction of sp³-hybridized carbons (Fsp3) is 0.278. The fourth-order valence-electron chi connectivity index (χ4n) is 2.23. The van der Waals surface area contributed by atoms with Crippen molar-refractivity contribution in [2.24, 2.45) is 0 Å². The van der Waals surface area contributed by atoms with Crippen LogP contribution < -0.4 is 14.8 Å². The number of rotatable bonds is 6. The predicted molar refractivity (Wildman–Crippen MR) is 91.3 cm³/mol. The molecule has 4 nitrogen and oxygen atoms in total. The summed E-state index contributed by atoms with van der Waals surface area (Å²) in [5.41, 5.74) is 2.77. The van der Waals surface area contributed by atoms with E-state index in [-0.39, 0.29) is 12.5 Å². The summed E-state index contributed by atoms with van der Waals surface area (Å²) in [4.78, 5) is 11.9. The van der Waals surface area contributed by atoms with Gasteiger partial charge in [-0.05, 0) is 43.2 Å².